The number of benzene rings is 1. The van der Waals surface area contributed by atoms with Gasteiger partial charge in [0, 0.05) is 12.5 Å². The molecule has 0 amide bonds. The van der Waals surface area contributed by atoms with Gasteiger partial charge in [-0.15, -0.1) is 0 Å². The van der Waals surface area contributed by atoms with Gasteiger partial charge in [-0.1, -0.05) is 25.1 Å². The Balaban J connectivity index is 2.48. The van der Waals surface area contributed by atoms with Gasteiger partial charge in [0.15, 0.2) is 0 Å². The molecule has 1 unspecified atom stereocenters. The molecule has 2 rings (SSSR count). The fraction of sp³-hybridized carbons (Fsp3) is 0.375. The number of esters is 1. The number of aliphatic hydroxyl groups is 1. The molecule has 2 aromatic rings. The van der Waals surface area contributed by atoms with E-state index in [0.29, 0.717) is 18.6 Å². The molecular weight excluding hydrogens is 268 g/mol. The number of hydrogen-bond donors (Lipinski definition) is 1. The van der Waals surface area contributed by atoms with E-state index in [1.54, 1.807) is 11.6 Å². The highest BCUT2D eigenvalue weighted by molar-refractivity contribution is 5.90. The molecule has 0 saturated heterocycles. The van der Waals surface area contributed by atoms with Crippen LogP contribution in [0.1, 0.15) is 42.2 Å². The van der Waals surface area contributed by atoms with Crippen LogP contribution in [0.5, 0.6) is 0 Å². The van der Waals surface area contributed by atoms with Crippen LogP contribution >= 0.6 is 0 Å². The third-order valence-electron chi connectivity index (χ3n) is 3.33. The first-order chi connectivity index (χ1) is 10.2. The van der Waals surface area contributed by atoms with E-state index in [0.717, 1.165) is 11.4 Å². The van der Waals surface area contributed by atoms with Gasteiger partial charge in [-0.25, -0.2) is 9.48 Å². The standard InChI is InChI=1S/C16H20N2O3/c1-3-21-16(20)14-11-17-18(13-7-5-4-6-8-13)15(14)12(2)9-10-19/h4-8,11-12,19H,3,9-10H2,1-2H3. The van der Waals surface area contributed by atoms with E-state index in [2.05, 4.69) is 5.10 Å². The highest BCUT2D eigenvalue weighted by atomic mass is 16.5. The number of carbonyl (C=O) groups excluding carboxylic acids is 1. The Hall–Kier alpha value is -2.14. The van der Waals surface area contributed by atoms with Gasteiger partial charge in [0.2, 0.25) is 0 Å². The summed E-state index contributed by atoms with van der Waals surface area (Å²) in [5.41, 5.74) is 2.11. The molecule has 0 aliphatic carbocycles. The van der Waals surface area contributed by atoms with Crippen molar-refractivity contribution in [2.24, 2.45) is 0 Å². The molecule has 0 aliphatic heterocycles. The number of aromatic nitrogens is 2. The van der Waals surface area contributed by atoms with Crippen LogP contribution in [0, 0.1) is 0 Å². The van der Waals surface area contributed by atoms with Crippen LogP contribution in [0.3, 0.4) is 0 Å². The third-order valence-corrected chi connectivity index (χ3v) is 3.33. The first kappa shape index (κ1) is 15.3. The lowest BCUT2D eigenvalue weighted by Crippen LogP contribution is -2.13. The van der Waals surface area contributed by atoms with Gasteiger partial charge in [-0.05, 0) is 25.5 Å². The van der Waals surface area contributed by atoms with E-state index in [-0.39, 0.29) is 18.5 Å². The zero-order chi connectivity index (χ0) is 15.2. The van der Waals surface area contributed by atoms with Crippen LogP contribution in [0.25, 0.3) is 5.69 Å². The van der Waals surface area contributed by atoms with E-state index in [9.17, 15) is 9.90 Å². The molecule has 1 N–H and O–H groups in total. The summed E-state index contributed by atoms with van der Waals surface area (Å²) in [7, 11) is 0. The maximum absolute atomic E-state index is 12.1. The number of aliphatic hydroxyl groups excluding tert-OH is 1. The maximum Gasteiger partial charge on any atom is 0.341 e. The maximum atomic E-state index is 12.1. The Bertz CT molecular complexity index is 593. The largest absolute Gasteiger partial charge is 0.462 e. The second-order valence-electron chi connectivity index (χ2n) is 4.82. The van der Waals surface area contributed by atoms with Crippen molar-refractivity contribution in [2.75, 3.05) is 13.2 Å². The predicted molar refractivity (Wildman–Crippen MR) is 79.6 cm³/mol. The normalized spacial score (nSPS) is 12.1. The van der Waals surface area contributed by atoms with Gasteiger partial charge in [-0.3, -0.25) is 0 Å². The predicted octanol–water partition coefficient (Wildman–Crippen LogP) is 2.53. The molecule has 0 spiro atoms. The molecular formula is C16H20N2O3. The Morgan fingerprint density at radius 1 is 1.38 bits per heavy atom. The Morgan fingerprint density at radius 3 is 2.71 bits per heavy atom. The minimum absolute atomic E-state index is 0.00267. The first-order valence-electron chi connectivity index (χ1n) is 7.10. The lowest BCUT2D eigenvalue weighted by atomic mass is 10.00. The van der Waals surface area contributed by atoms with Crippen LogP contribution < -0.4 is 0 Å². The minimum atomic E-state index is -0.375. The second kappa shape index (κ2) is 7.04. The Labute approximate surface area is 124 Å². The van der Waals surface area contributed by atoms with Crippen LogP contribution in [0.2, 0.25) is 0 Å². The molecule has 1 atom stereocenters. The summed E-state index contributed by atoms with van der Waals surface area (Å²) in [5, 5.41) is 13.5. The summed E-state index contributed by atoms with van der Waals surface area (Å²) in [6.07, 6.45) is 2.10. The molecule has 0 aliphatic rings. The lowest BCUT2D eigenvalue weighted by molar-refractivity contribution is 0.0524. The highest BCUT2D eigenvalue weighted by Gasteiger charge is 2.23. The summed E-state index contributed by atoms with van der Waals surface area (Å²) >= 11 is 0. The molecule has 1 aromatic carbocycles. The molecule has 5 nitrogen and oxygen atoms in total. The molecule has 0 fully saturated rings. The Morgan fingerprint density at radius 2 is 2.10 bits per heavy atom. The van der Waals surface area contributed by atoms with Crippen molar-refractivity contribution >= 4 is 5.97 Å². The van der Waals surface area contributed by atoms with Crippen molar-refractivity contribution < 1.29 is 14.6 Å². The number of nitrogens with zero attached hydrogens (tertiary/aromatic N) is 2. The summed E-state index contributed by atoms with van der Waals surface area (Å²) in [5.74, 6) is -0.378. The van der Waals surface area contributed by atoms with Gasteiger partial charge in [0.1, 0.15) is 5.56 Å². The monoisotopic (exact) mass is 288 g/mol. The van der Waals surface area contributed by atoms with Crippen molar-refractivity contribution in [2.45, 2.75) is 26.2 Å². The number of para-hydroxylation sites is 1. The zero-order valence-electron chi connectivity index (χ0n) is 12.3. The number of rotatable bonds is 6. The van der Waals surface area contributed by atoms with Crippen molar-refractivity contribution in [1.29, 1.82) is 0 Å². The van der Waals surface area contributed by atoms with Gasteiger partial charge in [0.05, 0.1) is 24.2 Å². The van der Waals surface area contributed by atoms with Crippen LogP contribution in [-0.4, -0.2) is 34.1 Å². The van der Waals surface area contributed by atoms with Crippen LogP contribution in [-0.2, 0) is 4.74 Å². The number of ether oxygens (including phenoxy) is 1. The average Bonchev–Trinajstić information content (AvgIpc) is 2.93. The van der Waals surface area contributed by atoms with E-state index >= 15 is 0 Å². The van der Waals surface area contributed by atoms with Gasteiger partial charge in [0.25, 0.3) is 0 Å². The van der Waals surface area contributed by atoms with Gasteiger partial charge < -0.3 is 9.84 Å². The number of carbonyl (C=O) groups is 1. The van der Waals surface area contributed by atoms with E-state index in [1.165, 1.54) is 6.20 Å². The van der Waals surface area contributed by atoms with Crippen LogP contribution in [0.15, 0.2) is 36.5 Å². The smallest absolute Gasteiger partial charge is 0.341 e. The molecule has 0 bridgehead atoms. The second-order valence-corrected chi connectivity index (χ2v) is 4.82. The molecule has 1 heterocycles. The summed E-state index contributed by atoms with van der Waals surface area (Å²) in [6, 6.07) is 9.62. The summed E-state index contributed by atoms with van der Waals surface area (Å²) in [4.78, 5) is 12.1. The van der Waals surface area contributed by atoms with Crippen molar-refractivity contribution in [3.8, 4) is 5.69 Å². The van der Waals surface area contributed by atoms with E-state index in [1.807, 2.05) is 37.3 Å². The first-order valence-corrected chi connectivity index (χ1v) is 7.10. The SMILES string of the molecule is CCOC(=O)c1cnn(-c2ccccc2)c1C(C)CCO. The highest BCUT2D eigenvalue weighted by Crippen LogP contribution is 2.26. The van der Waals surface area contributed by atoms with E-state index < -0.39 is 0 Å². The quantitative estimate of drug-likeness (QED) is 0.830. The molecule has 5 heteroatoms. The molecule has 0 radical (unpaired) electrons. The molecule has 21 heavy (non-hydrogen) atoms. The third kappa shape index (κ3) is 3.31. The van der Waals surface area contributed by atoms with Crippen LogP contribution in [0.4, 0.5) is 0 Å². The Kier molecular flexibility index (Phi) is 5.11. The van der Waals surface area contributed by atoms with Gasteiger partial charge in [-0.2, -0.15) is 5.10 Å². The number of hydrogen-bond acceptors (Lipinski definition) is 4. The topological polar surface area (TPSA) is 64.3 Å². The van der Waals surface area contributed by atoms with Crippen molar-refractivity contribution in [3.63, 3.8) is 0 Å². The van der Waals surface area contributed by atoms with E-state index in [4.69, 9.17) is 4.74 Å². The average molecular weight is 288 g/mol. The molecule has 112 valence electrons. The summed E-state index contributed by atoms with van der Waals surface area (Å²) in [6.45, 7) is 4.12. The summed E-state index contributed by atoms with van der Waals surface area (Å²) < 4.78 is 6.83. The fourth-order valence-corrected chi connectivity index (χ4v) is 2.30. The van der Waals surface area contributed by atoms with Crippen molar-refractivity contribution in [1.82, 2.24) is 9.78 Å². The van der Waals surface area contributed by atoms with Gasteiger partial charge >= 0.3 is 5.97 Å². The fourth-order valence-electron chi connectivity index (χ4n) is 2.30. The lowest BCUT2D eigenvalue weighted by Gasteiger charge is -2.15. The minimum Gasteiger partial charge on any atom is -0.462 e. The molecule has 1 aromatic heterocycles. The van der Waals surface area contributed by atoms with Crippen molar-refractivity contribution in [3.05, 3.63) is 47.8 Å². The zero-order valence-corrected chi connectivity index (χ0v) is 12.3. The molecule has 0 saturated carbocycles.